The molecule has 2 aromatic rings. The fourth-order valence-electron chi connectivity index (χ4n) is 2.18. The van der Waals surface area contributed by atoms with E-state index in [-0.39, 0.29) is 17.1 Å². The number of aromatic nitrogens is 2. The molecule has 2 amide bonds. The lowest BCUT2D eigenvalue weighted by molar-refractivity contribution is 0.0635. The number of anilines is 2. The first-order valence-electron chi connectivity index (χ1n) is 8.53. The van der Waals surface area contributed by atoms with Crippen molar-refractivity contribution in [3.05, 3.63) is 41.7 Å². The van der Waals surface area contributed by atoms with Gasteiger partial charge >= 0.3 is 6.09 Å². The van der Waals surface area contributed by atoms with Crippen LogP contribution in [0.4, 0.5) is 16.4 Å². The topological polar surface area (TPSA) is 102 Å². The highest BCUT2D eigenvalue weighted by Crippen LogP contribution is 2.22. The van der Waals surface area contributed by atoms with Crippen LogP contribution in [0.25, 0.3) is 0 Å². The number of ether oxygens (including phenoxy) is 2. The molecular formula is C19H24N4O4. The SMILES string of the molecule is CCc1cccc(NC(=O)c2cnc(NC(=O)OC(C)(C)C)cc2OC)n1. The monoisotopic (exact) mass is 372 g/mol. The molecule has 0 aliphatic heterocycles. The van der Waals surface area contributed by atoms with E-state index in [0.29, 0.717) is 5.82 Å². The van der Waals surface area contributed by atoms with E-state index in [1.165, 1.54) is 19.4 Å². The van der Waals surface area contributed by atoms with Crippen LogP contribution in [0.15, 0.2) is 30.5 Å². The number of aryl methyl sites for hydroxylation is 1. The molecule has 0 atom stereocenters. The van der Waals surface area contributed by atoms with Gasteiger partial charge in [0, 0.05) is 18.0 Å². The van der Waals surface area contributed by atoms with Gasteiger partial charge in [0.1, 0.15) is 28.5 Å². The van der Waals surface area contributed by atoms with Crippen LogP contribution in [0, 0.1) is 0 Å². The molecule has 144 valence electrons. The van der Waals surface area contributed by atoms with Gasteiger partial charge in [-0.05, 0) is 39.3 Å². The predicted molar refractivity (Wildman–Crippen MR) is 102 cm³/mol. The van der Waals surface area contributed by atoms with Crippen molar-refractivity contribution in [3.8, 4) is 5.75 Å². The average molecular weight is 372 g/mol. The molecule has 8 heteroatoms. The van der Waals surface area contributed by atoms with Crippen LogP contribution < -0.4 is 15.4 Å². The number of nitrogens with one attached hydrogen (secondary N) is 2. The number of pyridine rings is 2. The van der Waals surface area contributed by atoms with Crippen molar-refractivity contribution in [1.29, 1.82) is 0 Å². The van der Waals surface area contributed by atoms with Crippen molar-refractivity contribution in [1.82, 2.24) is 9.97 Å². The zero-order chi connectivity index (χ0) is 20.0. The largest absolute Gasteiger partial charge is 0.496 e. The molecule has 0 aliphatic rings. The van der Waals surface area contributed by atoms with Crippen molar-refractivity contribution in [2.75, 3.05) is 17.7 Å². The van der Waals surface area contributed by atoms with Crippen molar-refractivity contribution < 1.29 is 19.1 Å². The first-order chi connectivity index (χ1) is 12.7. The quantitative estimate of drug-likeness (QED) is 0.830. The molecule has 8 nitrogen and oxygen atoms in total. The lowest BCUT2D eigenvalue weighted by Crippen LogP contribution is -2.27. The van der Waals surface area contributed by atoms with Crippen molar-refractivity contribution in [2.24, 2.45) is 0 Å². The highest BCUT2D eigenvalue weighted by atomic mass is 16.6. The molecule has 0 aromatic carbocycles. The molecule has 2 aromatic heterocycles. The van der Waals surface area contributed by atoms with E-state index in [1.807, 2.05) is 19.1 Å². The summed E-state index contributed by atoms with van der Waals surface area (Å²) in [6.07, 6.45) is 1.44. The molecule has 0 saturated heterocycles. The smallest absolute Gasteiger partial charge is 0.413 e. The average Bonchev–Trinajstić information content (AvgIpc) is 2.60. The highest BCUT2D eigenvalue weighted by molar-refractivity contribution is 6.05. The number of amides is 2. The van der Waals surface area contributed by atoms with Gasteiger partial charge in [0.2, 0.25) is 0 Å². The molecular weight excluding hydrogens is 348 g/mol. The van der Waals surface area contributed by atoms with Crippen LogP contribution in [0.3, 0.4) is 0 Å². The molecule has 2 rings (SSSR count). The van der Waals surface area contributed by atoms with Crippen LogP contribution in [0.2, 0.25) is 0 Å². The van der Waals surface area contributed by atoms with Gasteiger partial charge in [-0.1, -0.05) is 13.0 Å². The molecule has 2 heterocycles. The van der Waals surface area contributed by atoms with E-state index in [9.17, 15) is 9.59 Å². The number of rotatable bonds is 5. The molecule has 0 saturated carbocycles. The summed E-state index contributed by atoms with van der Waals surface area (Å²) in [6, 6.07) is 6.86. The molecule has 0 spiro atoms. The van der Waals surface area contributed by atoms with Crippen LogP contribution >= 0.6 is 0 Å². The third-order valence-electron chi connectivity index (χ3n) is 3.37. The summed E-state index contributed by atoms with van der Waals surface area (Å²) in [5.41, 5.74) is 0.458. The number of hydrogen-bond acceptors (Lipinski definition) is 6. The van der Waals surface area contributed by atoms with Gasteiger partial charge in [-0.2, -0.15) is 0 Å². The molecule has 0 aliphatic carbocycles. The van der Waals surface area contributed by atoms with Crippen LogP contribution in [-0.2, 0) is 11.2 Å². The van der Waals surface area contributed by atoms with Crippen LogP contribution in [0.5, 0.6) is 5.75 Å². The number of hydrogen-bond donors (Lipinski definition) is 2. The van der Waals surface area contributed by atoms with Crippen LogP contribution in [0.1, 0.15) is 43.7 Å². The first-order valence-corrected chi connectivity index (χ1v) is 8.53. The maximum Gasteiger partial charge on any atom is 0.413 e. The Bertz CT molecular complexity index is 831. The Morgan fingerprint density at radius 2 is 1.89 bits per heavy atom. The van der Waals surface area contributed by atoms with Crippen molar-refractivity contribution in [3.63, 3.8) is 0 Å². The van der Waals surface area contributed by atoms with E-state index < -0.39 is 17.6 Å². The summed E-state index contributed by atoms with van der Waals surface area (Å²) in [6.45, 7) is 7.26. The fourth-order valence-corrected chi connectivity index (χ4v) is 2.18. The molecule has 0 fully saturated rings. The van der Waals surface area contributed by atoms with E-state index in [4.69, 9.17) is 9.47 Å². The van der Waals surface area contributed by atoms with E-state index >= 15 is 0 Å². The Morgan fingerprint density at radius 1 is 1.15 bits per heavy atom. The molecule has 0 unspecified atom stereocenters. The Balaban J connectivity index is 2.15. The summed E-state index contributed by atoms with van der Waals surface area (Å²) in [7, 11) is 1.43. The Kier molecular flexibility index (Phi) is 6.33. The fraction of sp³-hybridized carbons (Fsp3) is 0.368. The lowest BCUT2D eigenvalue weighted by Gasteiger charge is -2.19. The van der Waals surface area contributed by atoms with E-state index in [2.05, 4.69) is 20.6 Å². The lowest BCUT2D eigenvalue weighted by atomic mass is 10.2. The van der Waals surface area contributed by atoms with Crippen molar-refractivity contribution in [2.45, 2.75) is 39.7 Å². The summed E-state index contributed by atoms with van der Waals surface area (Å²) in [5.74, 6) is 0.505. The zero-order valence-corrected chi connectivity index (χ0v) is 16.1. The van der Waals surface area contributed by atoms with Gasteiger partial charge in [-0.3, -0.25) is 10.1 Å². The minimum Gasteiger partial charge on any atom is -0.496 e. The summed E-state index contributed by atoms with van der Waals surface area (Å²) < 4.78 is 10.4. The predicted octanol–water partition coefficient (Wildman–Crippen LogP) is 3.65. The summed E-state index contributed by atoms with van der Waals surface area (Å²) in [4.78, 5) is 32.8. The molecule has 0 bridgehead atoms. The van der Waals surface area contributed by atoms with Gasteiger partial charge in [-0.15, -0.1) is 0 Å². The van der Waals surface area contributed by atoms with Gasteiger partial charge < -0.3 is 14.8 Å². The summed E-state index contributed by atoms with van der Waals surface area (Å²) >= 11 is 0. The van der Waals surface area contributed by atoms with Gasteiger partial charge in [0.25, 0.3) is 5.91 Å². The first kappa shape index (κ1) is 20.2. The summed E-state index contributed by atoms with van der Waals surface area (Å²) in [5, 5.41) is 5.22. The van der Waals surface area contributed by atoms with Gasteiger partial charge in [-0.25, -0.2) is 14.8 Å². The zero-order valence-electron chi connectivity index (χ0n) is 16.1. The molecule has 27 heavy (non-hydrogen) atoms. The molecule has 0 radical (unpaired) electrons. The highest BCUT2D eigenvalue weighted by Gasteiger charge is 2.19. The van der Waals surface area contributed by atoms with E-state index in [1.54, 1.807) is 26.8 Å². The Morgan fingerprint density at radius 3 is 2.52 bits per heavy atom. The number of carbonyl (C=O) groups is 2. The van der Waals surface area contributed by atoms with Gasteiger partial charge in [0.15, 0.2) is 0 Å². The third-order valence-corrected chi connectivity index (χ3v) is 3.37. The number of carbonyl (C=O) groups excluding carboxylic acids is 2. The maximum absolute atomic E-state index is 12.5. The second-order valence-electron chi connectivity index (χ2n) is 6.72. The maximum atomic E-state index is 12.5. The van der Waals surface area contributed by atoms with Gasteiger partial charge in [0.05, 0.1) is 7.11 Å². The molecule has 2 N–H and O–H groups in total. The normalized spacial score (nSPS) is 10.9. The standard InChI is InChI=1S/C19H24N4O4/c1-6-12-8-7-9-15(21-12)22-17(24)13-11-20-16(10-14(13)26-5)23-18(25)27-19(2,3)4/h7-11H,6H2,1-5H3,(H,20,23,25)(H,21,22,24). The van der Waals surface area contributed by atoms with Crippen molar-refractivity contribution >= 4 is 23.6 Å². The Labute approximate surface area is 158 Å². The van der Waals surface area contributed by atoms with Crippen LogP contribution in [-0.4, -0.2) is 34.7 Å². The van der Waals surface area contributed by atoms with E-state index in [0.717, 1.165) is 12.1 Å². The minimum atomic E-state index is -0.644. The third kappa shape index (κ3) is 5.95. The number of nitrogens with zero attached hydrogens (tertiary/aromatic N) is 2. The minimum absolute atomic E-state index is 0.212. The second kappa shape index (κ2) is 8.48. The Hall–Kier alpha value is -3.16. The second-order valence-corrected chi connectivity index (χ2v) is 6.72. The number of methoxy groups -OCH3 is 1.